The van der Waals surface area contributed by atoms with Crippen molar-refractivity contribution in [3.05, 3.63) is 0 Å². The van der Waals surface area contributed by atoms with Gasteiger partial charge in [-0.05, 0) is 6.92 Å². The van der Waals surface area contributed by atoms with E-state index in [4.69, 9.17) is 35.6 Å². The van der Waals surface area contributed by atoms with Gasteiger partial charge in [0.25, 0.3) is 0 Å². The van der Waals surface area contributed by atoms with Gasteiger partial charge in [0.15, 0.2) is 12.4 Å². The SMILES string of the molecule is CC(O[C@H]1[C@H](O)[C@@H](CO)OC(O)[C@@H]1N)C(=O)O.OCCO. The highest BCUT2D eigenvalue weighted by Crippen LogP contribution is 2.22. The van der Waals surface area contributed by atoms with Crippen molar-refractivity contribution < 1.29 is 44.9 Å². The molecule has 0 aromatic heterocycles. The molecule has 0 spiro atoms. The number of aliphatic hydroxyl groups excluding tert-OH is 5. The molecule has 1 rings (SSSR count). The van der Waals surface area contributed by atoms with Gasteiger partial charge in [-0.15, -0.1) is 0 Å². The minimum Gasteiger partial charge on any atom is -0.479 e. The van der Waals surface area contributed by atoms with Crippen LogP contribution in [0.2, 0.25) is 0 Å². The largest absolute Gasteiger partial charge is 0.479 e. The van der Waals surface area contributed by atoms with E-state index in [-0.39, 0.29) is 13.2 Å². The molecule has 6 atom stereocenters. The van der Waals surface area contributed by atoms with E-state index in [2.05, 4.69) is 0 Å². The second-order valence-corrected chi connectivity index (χ2v) is 4.34. The summed E-state index contributed by atoms with van der Waals surface area (Å²) in [6.45, 7) is 0.490. The lowest BCUT2D eigenvalue weighted by Crippen LogP contribution is -2.63. The fourth-order valence-corrected chi connectivity index (χ4v) is 1.57. The summed E-state index contributed by atoms with van der Waals surface area (Å²) in [4.78, 5) is 10.6. The Kier molecular flexibility index (Phi) is 9.57. The van der Waals surface area contributed by atoms with Crippen molar-refractivity contribution >= 4 is 5.97 Å². The summed E-state index contributed by atoms with van der Waals surface area (Å²) in [5.74, 6) is -1.22. The molecule has 1 fully saturated rings. The predicted octanol–water partition coefficient (Wildman–Crippen LogP) is -3.79. The summed E-state index contributed by atoms with van der Waals surface area (Å²) in [6, 6.07) is -1.09. The van der Waals surface area contributed by atoms with E-state index in [0.29, 0.717) is 0 Å². The van der Waals surface area contributed by atoms with Gasteiger partial charge in [0, 0.05) is 0 Å². The van der Waals surface area contributed by atoms with Crippen molar-refractivity contribution in [2.45, 2.75) is 43.7 Å². The number of carboxylic acids is 1. The lowest BCUT2D eigenvalue weighted by molar-refractivity contribution is -0.262. The number of nitrogens with two attached hydrogens (primary N) is 1. The van der Waals surface area contributed by atoms with Gasteiger partial charge in [-0.1, -0.05) is 0 Å². The van der Waals surface area contributed by atoms with Crippen LogP contribution in [0.25, 0.3) is 0 Å². The molecule has 126 valence electrons. The molecule has 10 heteroatoms. The van der Waals surface area contributed by atoms with E-state index < -0.39 is 49.3 Å². The number of hydrogen-bond acceptors (Lipinski definition) is 9. The van der Waals surface area contributed by atoms with Crippen LogP contribution >= 0.6 is 0 Å². The Morgan fingerprint density at radius 2 is 1.81 bits per heavy atom. The predicted molar refractivity (Wildman–Crippen MR) is 68.1 cm³/mol. The average molecular weight is 313 g/mol. The number of aliphatic carboxylic acids is 1. The summed E-state index contributed by atoms with van der Waals surface area (Å²) in [7, 11) is 0. The molecule has 0 bridgehead atoms. The summed E-state index contributed by atoms with van der Waals surface area (Å²) >= 11 is 0. The van der Waals surface area contributed by atoms with E-state index >= 15 is 0 Å². The highest BCUT2D eigenvalue weighted by molar-refractivity contribution is 5.71. The van der Waals surface area contributed by atoms with Crippen molar-refractivity contribution in [1.29, 1.82) is 0 Å². The standard InChI is InChI=1S/C9H17NO7.C2H6O2/c1-3(8(13)14)16-7-5(10)9(15)17-4(2-11)6(7)12;3-1-2-4/h3-7,9,11-12,15H,2,10H2,1H3,(H,13,14);3-4H,1-2H2/t3?,4-,5-,6-,7-,9?;/m1./s1. The molecular weight excluding hydrogens is 290 g/mol. The van der Waals surface area contributed by atoms with Gasteiger partial charge >= 0.3 is 5.97 Å². The Bertz CT molecular complexity index is 301. The van der Waals surface area contributed by atoms with Gasteiger partial charge in [0.05, 0.1) is 25.9 Å². The van der Waals surface area contributed by atoms with Gasteiger partial charge in [0.1, 0.15) is 18.3 Å². The van der Waals surface area contributed by atoms with Gasteiger partial charge in [-0.25, -0.2) is 4.79 Å². The molecule has 1 saturated heterocycles. The summed E-state index contributed by atoms with van der Waals surface area (Å²) in [5.41, 5.74) is 5.54. The number of carbonyl (C=O) groups is 1. The van der Waals surface area contributed by atoms with E-state index in [1.54, 1.807) is 0 Å². The van der Waals surface area contributed by atoms with Crippen LogP contribution in [0.5, 0.6) is 0 Å². The Balaban J connectivity index is 0.000000885. The molecule has 0 aliphatic carbocycles. The lowest BCUT2D eigenvalue weighted by Gasteiger charge is -2.41. The van der Waals surface area contributed by atoms with Crippen molar-refractivity contribution in [2.24, 2.45) is 5.73 Å². The normalized spacial score (nSPS) is 33.8. The van der Waals surface area contributed by atoms with E-state index in [1.807, 2.05) is 0 Å². The molecule has 10 nitrogen and oxygen atoms in total. The van der Waals surface area contributed by atoms with Crippen LogP contribution in [-0.4, -0.2) is 93.2 Å². The monoisotopic (exact) mass is 313 g/mol. The second-order valence-electron chi connectivity index (χ2n) is 4.34. The summed E-state index contributed by atoms with van der Waals surface area (Å²) < 4.78 is 9.89. The lowest BCUT2D eigenvalue weighted by atomic mass is 9.97. The third kappa shape index (κ3) is 6.20. The Morgan fingerprint density at radius 1 is 1.29 bits per heavy atom. The van der Waals surface area contributed by atoms with E-state index in [0.717, 1.165) is 0 Å². The first-order valence-electron chi connectivity index (χ1n) is 6.28. The van der Waals surface area contributed by atoms with Crippen molar-refractivity contribution in [3.63, 3.8) is 0 Å². The molecule has 1 aliphatic rings. The molecule has 0 aromatic rings. The Hall–Kier alpha value is -0.850. The first-order valence-corrected chi connectivity index (χ1v) is 6.28. The Morgan fingerprint density at radius 3 is 2.19 bits per heavy atom. The minimum absolute atomic E-state index is 0.125. The number of aliphatic hydroxyl groups is 5. The average Bonchev–Trinajstić information content (AvgIpc) is 2.47. The fourth-order valence-electron chi connectivity index (χ4n) is 1.57. The topological polar surface area (TPSA) is 183 Å². The molecule has 1 heterocycles. The molecule has 8 N–H and O–H groups in total. The number of rotatable bonds is 5. The van der Waals surface area contributed by atoms with Crippen LogP contribution < -0.4 is 5.73 Å². The molecule has 1 aliphatic heterocycles. The number of ether oxygens (including phenoxy) is 2. The highest BCUT2D eigenvalue weighted by atomic mass is 16.6. The van der Waals surface area contributed by atoms with Crippen LogP contribution in [-0.2, 0) is 14.3 Å². The molecule has 0 radical (unpaired) electrons. The molecule has 0 aromatic carbocycles. The van der Waals surface area contributed by atoms with Crippen molar-refractivity contribution in [3.8, 4) is 0 Å². The zero-order chi connectivity index (χ0) is 16.6. The molecular formula is C11H23NO9. The van der Waals surface area contributed by atoms with Crippen molar-refractivity contribution in [1.82, 2.24) is 0 Å². The maximum absolute atomic E-state index is 10.6. The van der Waals surface area contributed by atoms with E-state index in [1.165, 1.54) is 6.92 Å². The molecule has 0 saturated carbocycles. The first kappa shape index (κ1) is 20.1. The Labute approximate surface area is 121 Å². The maximum atomic E-state index is 10.6. The van der Waals surface area contributed by atoms with Crippen LogP contribution in [0.4, 0.5) is 0 Å². The van der Waals surface area contributed by atoms with Gasteiger partial charge < -0.3 is 45.8 Å². The van der Waals surface area contributed by atoms with Crippen LogP contribution in [0.1, 0.15) is 6.92 Å². The number of carboxylic acid groups (broad SMARTS) is 1. The van der Waals surface area contributed by atoms with Gasteiger partial charge in [-0.2, -0.15) is 0 Å². The zero-order valence-electron chi connectivity index (χ0n) is 11.6. The first-order chi connectivity index (χ1) is 9.79. The third-order valence-electron chi connectivity index (χ3n) is 2.73. The smallest absolute Gasteiger partial charge is 0.332 e. The fraction of sp³-hybridized carbons (Fsp3) is 0.909. The molecule has 21 heavy (non-hydrogen) atoms. The van der Waals surface area contributed by atoms with Gasteiger partial charge in [0.2, 0.25) is 0 Å². The van der Waals surface area contributed by atoms with E-state index in [9.17, 15) is 15.0 Å². The third-order valence-corrected chi connectivity index (χ3v) is 2.73. The quantitative estimate of drug-likeness (QED) is 0.266. The van der Waals surface area contributed by atoms with Crippen LogP contribution in [0, 0.1) is 0 Å². The summed E-state index contributed by atoms with van der Waals surface area (Å²) in [6.07, 6.45) is -6.11. The molecule has 2 unspecified atom stereocenters. The second kappa shape index (κ2) is 9.97. The maximum Gasteiger partial charge on any atom is 0.332 e. The number of hydrogen-bond donors (Lipinski definition) is 7. The molecule has 0 amide bonds. The minimum atomic E-state index is -1.43. The van der Waals surface area contributed by atoms with Crippen molar-refractivity contribution in [2.75, 3.05) is 19.8 Å². The highest BCUT2D eigenvalue weighted by Gasteiger charge is 2.44. The van der Waals surface area contributed by atoms with Crippen LogP contribution in [0.3, 0.4) is 0 Å². The van der Waals surface area contributed by atoms with Crippen LogP contribution in [0.15, 0.2) is 0 Å². The summed E-state index contributed by atoms with van der Waals surface area (Å²) in [5, 5.41) is 52.0. The van der Waals surface area contributed by atoms with Gasteiger partial charge in [-0.3, -0.25) is 0 Å². The zero-order valence-corrected chi connectivity index (χ0v) is 11.6.